The summed E-state index contributed by atoms with van der Waals surface area (Å²) in [7, 11) is 0. The second-order valence-corrected chi connectivity index (χ2v) is 9.87. The highest BCUT2D eigenvalue weighted by atomic mass is 32.1. The first-order chi connectivity index (χ1) is 15.7. The average molecular weight is 438 g/mol. The molecule has 6 rings (SSSR count). The van der Waals surface area contributed by atoms with Gasteiger partial charge >= 0.3 is 0 Å². The molecular formula is C28H23NO2S. The van der Waals surface area contributed by atoms with Gasteiger partial charge in [-0.2, -0.15) is 0 Å². The van der Waals surface area contributed by atoms with Crippen LogP contribution < -0.4 is 4.90 Å². The summed E-state index contributed by atoms with van der Waals surface area (Å²) in [5.74, 6) is 0.877. The van der Waals surface area contributed by atoms with E-state index in [4.69, 9.17) is 0 Å². The van der Waals surface area contributed by atoms with Crippen molar-refractivity contribution in [2.75, 3.05) is 11.4 Å². The van der Waals surface area contributed by atoms with Crippen LogP contribution in [0.3, 0.4) is 0 Å². The molecule has 1 aliphatic carbocycles. The Balaban J connectivity index is 1.37. The van der Waals surface area contributed by atoms with E-state index in [0.717, 1.165) is 38.2 Å². The van der Waals surface area contributed by atoms with Gasteiger partial charge in [0.2, 0.25) is 0 Å². The topological polar surface area (TPSA) is 37.4 Å². The fraction of sp³-hybridized carbons (Fsp3) is 0.214. The van der Waals surface area contributed by atoms with E-state index >= 15 is 0 Å². The molecule has 0 N–H and O–H groups in total. The molecule has 0 spiro atoms. The average Bonchev–Trinajstić information content (AvgIpc) is 3.57. The van der Waals surface area contributed by atoms with E-state index in [9.17, 15) is 9.59 Å². The third-order valence-electron chi connectivity index (χ3n) is 6.54. The number of nitrogens with zero attached hydrogens (tertiary/aromatic N) is 1. The minimum absolute atomic E-state index is 0.0170. The van der Waals surface area contributed by atoms with Gasteiger partial charge in [0, 0.05) is 29.0 Å². The van der Waals surface area contributed by atoms with E-state index in [1.807, 2.05) is 59.5 Å². The molecule has 1 amide bonds. The molecule has 2 heterocycles. The van der Waals surface area contributed by atoms with Crippen molar-refractivity contribution in [2.24, 2.45) is 5.92 Å². The number of hydrogen-bond donors (Lipinski definition) is 0. The Morgan fingerprint density at radius 3 is 2.53 bits per heavy atom. The first-order valence-electron chi connectivity index (χ1n) is 11.2. The third kappa shape index (κ3) is 3.45. The van der Waals surface area contributed by atoms with E-state index < -0.39 is 0 Å². The molecule has 0 unspecified atom stereocenters. The molecule has 3 nitrogen and oxygen atoms in total. The Morgan fingerprint density at radius 2 is 1.69 bits per heavy atom. The number of ketones is 1. The van der Waals surface area contributed by atoms with Crippen molar-refractivity contribution in [3.8, 4) is 10.4 Å². The van der Waals surface area contributed by atoms with Crippen LogP contribution in [0.15, 0.2) is 72.8 Å². The molecule has 158 valence electrons. The van der Waals surface area contributed by atoms with Gasteiger partial charge in [-0.1, -0.05) is 48.5 Å². The second kappa shape index (κ2) is 7.72. The molecule has 0 atom stereocenters. The van der Waals surface area contributed by atoms with E-state index in [2.05, 4.69) is 18.2 Å². The molecule has 1 aliphatic heterocycles. The lowest BCUT2D eigenvalue weighted by molar-refractivity contribution is 0.0974. The number of hydrogen-bond acceptors (Lipinski definition) is 3. The van der Waals surface area contributed by atoms with Crippen molar-refractivity contribution < 1.29 is 9.59 Å². The van der Waals surface area contributed by atoms with Crippen LogP contribution in [0.4, 0.5) is 5.69 Å². The van der Waals surface area contributed by atoms with E-state index in [1.165, 1.54) is 18.4 Å². The van der Waals surface area contributed by atoms with Gasteiger partial charge in [-0.05, 0) is 65.8 Å². The van der Waals surface area contributed by atoms with E-state index in [1.54, 1.807) is 11.3 Å². The predicted molar refractivity (Wildman–Crippen MR) is 131 cm³/mol. The van der Waals surface area contributed by atoms with Crippen LogP contribution >= 0.6 is 11.3 Å². The minimum Gasteiger partial charge on any atom is -0.307 e. The molecule has 0 bridgehead atoms. The van der Waals surface area contributed by atoms with Gasteiger partial charge in [-0.3, -0.25) is 9.59 Å². The zero-order valence-corrected chi connectivity index (χ0v) is 18.5. The van der Waals surface area contributed by atoms with Crippen LogP contribution in [0.1, 0.15) is 44.9 Å². The predicted octanol–water partition coefficient (Wildman–Crippen LogP) is 6.75. The number of rotatable bonds is 4. The molecule has 4 aromatic rings. The van der Waals surface area contributed by atoms with Gasteiger partial charge in [0.05, 0.1) is 10.6 Å². The van der Waals surface area contributed by atoms with Gasteiger partial charge < -0.3 is 4.90 Å². The summed E-state index contributed by atoms with van der Waals surface area (Å²) in [6.07, 6.45) is 3.79. The number of amides is 1. The summed E-state index contributed by atoms with van der Waals surface area (Å²) >= 11 is 1.59. The zero-order valence-electron chi connectivity index (χ0n) is 17.7. The number of thiophene rings is 1. The van der Waals surface area contributed by atoms with Gasteiger partial charge in [0.25, 0.3) is 5.91 Å². The van der Waals surface area contributed by atoms with Crippen molar-refractivity contribution in [3.63, 3.8) is 0 Å². The number of carbonyl (C=O) groups excluding carboxylic acids is 2. The van der Waals surface area contributed by atoms with E-state index in [0.29, 0.717) is 24.4 Å². The molecule has 32 heavy (non-hydrogen) atoms. The van der Waals surface area contributed by atoms with Crippen molar-refractivity contribution in [3.05, 3.63) is 88.8 Å². The van der Waals surface area contributed by atoms with Gasteiger partial charge in [0.1, 0.15) is 0 Å². The van der Waals surface area contributed by atoms with Crippen LogP contribution in [-0.4, -0.2) is 18.2 Å². The normalized spacial score (nSPS) is 15.2. The van der Waals surface area contributed by atoms with Crippen molar-refractivity contribution >= 4 is 39.5 Å². The Bertz CT molecular complexity index is 1360. The fourth-order valence-corrected chi connectivity index (χ4v) is 5.80. The van der Waals surface area contributed by atoms with Crippen LogP contribution in [0.5, 0.6) is 0 Å². The first-order valence-corrected chi connectivity index (χ1v) is 12.0. The summed E-state index contributed by atoms with van der Waals surface area (Å²) < 4.78 is 0. The Morgan fingerprint density at radius 1 is 0.906 bits per heavy atom. The molecule has 4 heteroatoms. The Kier molecular flexibility index (Phi) is 4.69. The molecule has 0 radical (unpaired) electrons. The van der Waals surface area contributed by atoms with Gasteiger partial charge in [-0.15, -0.1) is 11.3 Å². The molecule has 3 aromatic carbocycles. The molecule has 1 fully saturated rings. The number of Topliss-reactive ketones (excluding diaryl/α,β-unsaturated/α-hetero) is 1. The number of para-hydroxylation sites is 1. The Hall–Kier alpha value is -3.24. The van der Waals surface area contributed by atoms with Crippen molar-refractivity contribution in [1.29, 1.82) is 0 Å². The first kappa shape index (κ1) is 19.4. The lowest BCUT2D eigenvalue weighted by atomic mass is 10.1. The minimum atomic E-state index is 0.0170. The summed E-state index contributed by atoms with van der Waals surface area (Å²) in [5.41, 5.74) is 3.84. The lowest BCUT2D eigenvalue weighted by Gasteiger charge is -2.23. The SMILES string of the molecule is O=C(CC1CC1)c1cc2c(s1)-c1ccccc1N(C(=O)c1ccc3ccccc3c1)CC2. The highest BCUT2D eigenvalue weighted by molar-refractivity contribution is 7.17. The van der Waals surface area contributed by atoms with Crippen molar-refractivity contribution in [1.82, 2.24) is 0 Å². The smallest absolute Gasteiger partial charge is 0.258 e. The van der Waals surface area contributed by atoms with Crippen LogP contribution in [0.25, 0.3) is 21.2 Å². The summed E-state index contributed by atoms with van der Waals surface area (Å²) in [4.78, 5) is 30.2. The van der Waals surface area contributed by atoms with E-state index in [-0.39, 0.29) is 11.7 Å². The summed E-state index contributed by atoms with van der Waals surface area (Å²) in [6.45, 7) is 0.600. The number of fused-ring (bicyclic) bond motifs is 4. The van der Waals surface area contributed by atoms with Crippen LogP contribution in [-0.2, 0) is 6.42 Å². The number of carbonyl (C=O) groups is 2. The third-order valence-corrected chi connectivity index (χ3v) is 7.79. The highest BCUT2D eigenvalue weighted by Crippen LogP contribution is 2.43. The van der Waals surface area contributed by atoms with Crippen LogP contribution in [0, 0.1) is 5.92 Å². The van der Waals surface area contributed by atoms with Gasteiger partial charge in [0.15, 0.2) is 5.78 Å². The zero-order chi connectivity index (χ0) is 21.7. The summed E-state index contributed by atoms with van der Waals surface area (Å²) in [5, 5.41) is 2.20. The Labute approximate surface area is 191 Å². The number of benzene rings is 3. The fourth-order valence-electron chi connectivity index (χ4n) is 4.61. The number of anilines is 1. The molecule has 0 saturated heterocycles. The summed E-state index contributed by atoms with van der Waals surface area (Å²) in [6, 6.07) is 24.2. The molecule has 1 aromatic heterocycles. The maximum Gasteiger partial charge on any atom is 0.258 e. The van der Waals surface area contributed by atoms with Gasteiger partial charge in [-0.25, -0.2) is 0 Å². The lowest BCUT2D eigenvalue weighted by Crippen LogP contribution is -2.32. The highest BCUT2D eigenvalue weighted by Gasteiger charge is 2.29. The maximum absolute atomic E-state index is 13.6. The standard InChI is InChI=1S/C28H23NO2S/c30-25(15-18-9-10-18)26-17-21-13-14-29(24-8-4-3-7-23(24)27(21)32-26)28(31)22-12-11-19-5-1-2-6-20(19)16-22/h1-8,11-12,16-18H,9-10,13-15H2. The molecular weight excluding hydrogens is 414 g/mol. The molecule has 1 saturated carbocycles. The van der Waals surface area contributed by atoms with Crippen LogP contribution in [0.2, 0.25) is 0 Å². The second-order valence-electron chi connectivity index (χ2n) is 8.82. The monoisotopic (exact) mass is 437 g/mol. The quantitative estimate of drug-likeness (QED) is 0.331. The maximum atomic E-state index is 13.6. The largest absolute Gasteiger partial charge is 0.307 e. The molecule has 2 aliphatic rings. The van der Waals surface area contributed by atoms with Crippen molar-refractivity contribution in [2.45, 2.75) is 25.7 Å².